The van der Waals surface area contributed by atoms with Crippen LogP contribution in [0.1, 0.15) is 52.1 Å². The first kappa shape index (κ1) is 22.7. The SMILES string of the molecule is COc1ccc2c(c1)C(CC(=O)c1ccc(NC(=O)c3cccc(Cl)c3)cc1)=NC(C)(C)C2. The Morgan fingerprint density at radius 2 is 1.79 bits per heavy atom. The van der Waals surface area contributed by atoms with E-state index in [1.165, 1.54) is 0 Å². The fraction of sp³-hybridized carbons (Fsp3) is 0.222. The fourth-order valence-corrected chi connectivity index (χ4v) is 4.19. The van der Waals surface area contributed by atoms with E-state index in [1.807, 2.05) is 18.2 Å². The van der Waals surface area contributed by atoms with Gasteiger partial charge in [0.25, 0.3) is 5.91 Å². The summed E-state index contributed by atoms with van der Waals surface area (Å²) in [4.78, 5) is 30.3. The number of ketones is 1. The van der Waals surface area contributed by atoms with Gasteiger partial charge in [0.15, 0.2) is 5.78 Å². The predicted molar refractivity (Wildman–Crippen MR) is 132 cm³/mol. The number of halogens is 1. The molecule has 0 aromatic heterocycles. The van der Waals surface area contributed by atoms with E-state index < -0.39 is 0 Å². The van der Waals surface area contributed by atoms with Crippen LogP contribution in [0.25, 0.3) is 0 Å². The van der Waals surface area contributed by atoms with Crippen LogP contribution in [0.5, 0.6) is 5.75 Å². The van der Waals surface area contributed by atoms with Gasteiger partial charge in [0.05, 0.1) is 24.8 Å². The van der Waals surface area contributed by atoms with E-state index in [-0.39, 0.29) is 23.7 Å². The van der Waals surface area contributed by atoms with Crippen LogP contribution < -0.4 is 10.1 Å². The summed E-state index contributed by atoms with van der Waals surface area (Å²) in [7, 11) is 1.63. The van der Waals surface area contributed by atoms with Crippen molar-refractivity contribution in [3.05, 3.63) is 94.0 Å². The molecule has 0 bridgehead atoms. The Bertz CT molecular complexity index is 1250. The summed E-state index contributed by atoms with van der Waals surface area (Å²) in [6.07, 6.45) is 1.00. The van der Waals surface area contributed by atoms with Gasteiger partial charge in [0, 0.05) is 27.4 Å². The lowest BCUT2D eigenvalue weighted by Gasteiger charge is -2.29. The van der Waals surface area contributed by atoms with Gasteiger partial charge >= 0.3 is 0 Å². The molecule has 0 saturated carbocycles. The maximum absolute atomic E-state index is 13.1. The Morgan fingerprint density at radius 1 is 1.03 bits per heavy atom. The Kier molecular flexibility index (Phi) is 6.34. The van der Waals surface area contributed by atoms with Gasteiger partial charge in [0.2, 0.25) is 0 Å². The highest BCUT2D eigenvalue weighted by atomic mass is 35.5. The number of nitrogens with one attached hydrogen (secondary N) is 1. The number of nitrogens with zero attached hydrogens (tertiary/aromatic N) is 1. The van der Waals surface area contributed by atoms with E-state index >= 15 is 0 Å². The summed E-state index contributed by atoms with van der Waals surface area (Å²) in [5, 5.41) is 3.32. The molecule has 5 nitrogen and oxygen atoms in total. The van der Waals surface area contributed by atoms with Crippen LogP contribution in [0.4, 0.5) is 5.69 Å². The third-order valence-electron chi connectivity index (χ3n) is 5.57. The molecule has 0 unspecified atom stereocenters. The second kappa shape index (κ2) is 9.20. The van der Waals surface area contributed by atoms with Crippen molar-refractivity contribution in [2.75, 3.05) is 12.4 Å². The van der Waals surface area contributed by atoms with Crippen LogP contribution in [0, 0.1) is 0 Å². The van der Waals surface area contributed by atoms with Gasteiger partial charge in [0.1, 0.15) is 5.75 Å². The van der Waals surface area contributed by atoms with Crippen LogP contribution in [0.2, 0.25) is 5.02 Å². The van der Waals surface area contributed by atoms with Crippen molar-refractivity contribution in [2.45, 2.75) is 32.2 Å². The van der Waals surface area contributed by atoms with E-state index in [1.54, 1.807) is 55.6 Å². The number of amides is 1. The summed E-state index contributed by atoms with van der Waals surface area (Å²) in [5.41, 5.74) is 4.25. The summed E-state index contributed by atoms with van der Waals surface area (Å²) >= 11 is 5.96. The van der Waals surface area contributed by atoms with Crippen LogP contribution >= 0.6 is 11.6 Å². The van der Waals surface area contributed by atoms with Gasteiger partial charge in [-0.2, -0.15) is 0 Å². The molecule has 1 heterocycles. The molecule has 0 saturated heterocycles. The summed E-state index contributed by atoms with van der Waals surface area (Å²) in [5.74, 6) is 0.447. The van der Waals surface area contributed by atoms with E-state index in [0.29, 0.717) is 21.8 Å². The van der Waals surface area contributed by atoms with Crippen molar-refractivity contribution < 1.29 is 14.3 Å². The lowest BCUT2D eigenvalue weighted by atomic mass is 9.85. The highest BCUT2D eigenvalue weighted by Gasteiger charge is 2.28. The largest absolute Gasteiger partial charge is 0.497 e. The van der Waals surface area contributed by atoms with E-state index in [9.17, 15) is 9.59 Å². The molecular formula is C27H25ClN2O3. The molecular weight excluding hydrogens is 436 g/mol. The molecule has 0 radical (unpaired) electrons. The molecule has 0 spiro atoms. The fourth-order valence-electron chi connectivity index (χ4n) is 4.00. The first-order chi connectivity index (χ1) is 15.7. The Hall–Kier alpha value is -3.44. The third-order valence-corrected chi connectivity index (χ3v) is 5.80. The molecule has 1 aliphatic rings. The number of Topliss-reactive ketones (excluding diaryl/α,β-unsaturated/α-hetero) is 1. The van der Waals surface area contributed by atoms with Gasteiger partial charge in [-0.25, -0.2) is 0 Å². The molecule has 0 fully saturated rings. The number of benzene rings is 3. The number of rotatable bonds is 6. The Balaban J connectivity index is 1.50. The second-order valence-corrected chi connectivity index (χ2v) is 9.15. The van der Waals surface area contributed by atoms with Crippen molar-refractivity contribution in [1.29, 1.82) is 0 Å². The first-order valence-electron chi connectivity index (χ1n) is 10.7. The van der Waals surface area contributed by atoms with Crippen molar-refractivity contribution in [3.63, 3.8) is 0 Å². The minimum Gasteiger partial charge on any atom is -0.497 e. The van der Waals surface area contributed by atoms with E-state index in [4.69, 9.17) is 21.3 Å². The van der Waals surface area contributed by atoms with Crippen molar-refractivity contribution in [2.24, 2.45) is 4.99 Å². The van der Waals surface area contributed by atoms with Crippen LogP contribution in [-0.2, 0) is 6.42 Å². The summed E-state index contributed by atoms with van der Waals surface area (Å²) < 4.78 is 5.37. The number of ether oxygens (including phenoxy) is 1. The molecule has 4 rings (SSSR count). The topological polar surface area (TPSA) is 67.8 Å². The first-order valence-corrected chi connectivity index (χ1v) is 11.1. The molecule has 6 heteroatoms. The molecule has 168 valence electrons. The van der Waals surface area contributed by atoms with Gasteiger partial charge in [-0.05, 0) is 80.4 Å². The zero-order valence-corrected chi connectivity index (χ0v) is 19.6. The van der Waals surface area contributed by atoms with E-state index in [0.717, 1.165) is 29.0 Å². The van der Waals surface area contributed by atoms with Crippen molar-refractivity contribution in [3.8, 4) is 5.75 Å². The number of hydrogen-bond donors (Lipinski definition) is 1. The normalized spacial score (nSPS) is 14.1. The number of carbonyl (C=O) groups excluding carboxylic acids is 2. The molecule has 1 amide bonds. The molecule has 1 aliphatic heterocycles. The third kappa shape index (κ3) is 5.32. The number of aliphatic imine (C=N–C) groups is 1. The Morgan fingerprint density at radius 3 is 2.48 bits per heavy atom. The second-order valence-electron chi connectivity index (χ2n) is 8.71. The standard InChI is InChI=1S/C27H25ClN2O3/c1-27(2)16-19-9-12-22(33-3)14-23(19)24(30-27)15-25(31)17-7-10-21(11-8-17)29-26(32)18-5-4-6-20(28)13-18/h4-14H,15-16H2,1-3H3,(H,29,32). The molecule has 3 aromatic carbocycles. The maximum Gasteiger partial charge on any atom is 0.255 e. The van der Waals surface area contributed by atoms with Crippen molar-refractivity contribution >= 4 is 34.7 Å². The number of carbonyl (C=O) groups is 2. The zero-order chi connectivity index (χ0) is 23.6. The van der Waals surface area contributed by atoms with Gasteiger partial charge in [-0.1, -0.05) is 23.7 Å². The predicted octanol–water partition coefficient (Wildman–Crippen LogP) is 6.00. The molecule has 3 aromatic rings. The minimum absolute atomic E-state index is 0.0343. The summed E-state index contributed by atoms with van der Waals surface area (Å²) in [6.45, 7) is 4.14. The van der Waals surface area contributed by atoms with Gasteiger partial charge < -0.3 is 10.1 Å². The van der Waals surface area contributed by atoms with Crippen LogP contribution in [0.3, 0.4) is 0 Å². The maximum atomic E-state index is 13.1. The Labute approximate surface area is 198 Å². The summed E-state index contributed by atoms with van der Waals surface area (Å²) in [6, 6.07) is 19.6. The molecule has 0 atom stereocenters. The lowest BCUT2D eigenvalue weighted by molar-refractivity contribution is 0.0998. The highest BCUT2D eigenvalue weighted by Crippen LogP contribution is 2.31. The number of hydrogen-bond acceptors (Lipinski definition) is 4. The average molecular weight is 461 g/mol. The highest BCUT2D eigenvalue weighted by molar-refractivity contribution is 6.31. The zero-order valence-electron chi connectivity index (χ0n) is 18.8. The van der Waals surface area contributed by atoms with Gasteiger partial charge in [-0.15, -0.1) is 0 Å². The lowest BCUT2D eigenvalue weighted by Crippen LogP contribution is -2.30. The molecule has 0 aliphatic carbocycles. The molecule has 33 heavy (non-hydrogen) atoms. The number of fused-ring (bicyclic) bond motifs is 1. The molecule has 1 N–H and O–H groups in total. The average Bonchev–Trinajstić information content (AvgIpc) is 2.78. The monoisotopic (exact) mass is 460 g/mol. The number of methoxy groups -OCH3 is 1. The van der Waals surface area contributed by atoms with Gasteiger partial charge in [-0.3, -0.25) is 14.6 Å². The quantitative estimate of drug-likeness (QED) is 0.459. The van der Waals surface area contributed by atoms with Crippen LogP contribution in [-0.4, -0.2) is 30.1 Å². The van der Waals surface area contributed by atoms with Crippen molar-refractivity contribution in [1.82, 2.24) is 0 Å². The number of anilines is 1. The van der Waals surface area contributed by atoms with E-state index in [2.05, 4.69) is 19.2 Å². The minimum atomic E-state index is -0.272. The van der Waals surface area contributed by atoms with Crippen LogP contribution in [0.15, 0.2) is 71.7 Å². The smallest absolute Gasteiger partial charge is 0.255 e.